The van der Waals surface area contributed by atoms with Crippen molar-refractivity contribution in [1.29, 1.82) is 0 Å². The average molecular weight is 288 g/mol. The number of hydrogen-bond acceptors (Lipinski definition) is 1. The molecule has 3 heteroatoms. The minimum absolute atomic E-state index is 0. The van der Waals surface area contributed by atoms with Crippen molar-refractivity contribution in [2.45, 2.75) is 0 Å². The molecule has 2 nitrogen and oxygen atoms in total. The van der Waals surface area contributed by atoms with Crippen LogP contribution in [0.5, 0.6) is 0 Å². The average Bonchev–Trinajstić information content (AvgIpc) is 2.04. The Bertz CT molecular complexity index is 294. The van der Waals surface area contributed by atoms with Gasteiger partial charge < -0.3 is 5.11 Å². The standard InChI is InChI=1S/C9H8O2.Ba.2H/c1-2-7-5-3-4-6-8(7)9(10)11;;;/h2-6H,1H2,(H,10,11);;;. The van der Waals surface area contributed by atoms with Gasteiger partial charge in [0.2, 0.25) is 0 Å². The summed E-state index contributed by atoms with van der Waals surface area (Å²) in [4.78, 5) is 10.5. The Morgan fingerprint density at radius 1 is 1.42 bits per heavy atom. The topological polar surface area (TPSA) is 37.3 Å². The van der Waals surface area contributed by atoms with Crippen LogP contribution in [0.2, 0.25) is 0 Å². The van der Waals surface area contributed by atoms with E-state index in [1.807, 2.05) is 0 Å². The van der Waals surface area contributed by atoms with Gasteiger partial charge in [0.15, 0.2) is 0 Å². The summed E-state index contributed by atoms with van der Waals surface area (Å²) < 4.78 is 0. The van der Waals surface area contributed by atoms with Crippen LogP contribution in [-0.2, 0) is 0 Å². The van der Waals surface area contributed by atoms with E-state index in [2.05, 4.69) is 6.58 Å². The van der Waals surface area contributed by atoms with Crippen molar-refractivity contribution in [2.24, 2.45) is 0 Å². The minimum atomic E-state index is -0.916. The van der Waals surface area contributed by atoms with Crippen molar-refractivity contribution in [3.63, 3.8) is 0 Å². The zero-order valence-electron chi connectivity index (χ0n) is 5.95. The van der Waals surface area contributed by atoms with Crippen LogP contribution in [0, 0.1) is 0 Å². The van der Waals surface area contributed by atoms with Crippen molar-refractivity contribution in [3.8, 4) is 0 Å². The van der Waals surface area contributed by atoms with Gasteiger partial charge in [-0.3, -0.25) is 0 Å². The summed E-state index contributed by atoms with van der Waals surface area (Å²) in [7, 11) is 0. The fourth-order valence-corrected chi connectivity index (χ4v) is 0.870. The molecule has 0 saturated carbocycles. The Labute approximate surface area is 111 Å². The first kappa shape index (κ1) is 12.0. The Morgan fingerprint density at radius 3 is 2.42 bits per heavy atom. The number of hydrogen-bond donors (Lipinski definition) is 1. The van der Waals surface area contributed by atoms with Crippen LogP contribution in [0.25, 0.3) is 6.08 Å². The molecule has 1 rings (SSSR count). The predicted molar refractivity (Wildman–Crippen MR) is 52.0 cm³/mol. The van der Waals surface area contributed by atoms with E-state index in [4.69, 9.17) is 5.11 Å². The molecule has 60 valence electrons. The van der Waals surface area contributed by atoms with Gasteiger partial charge in [-0.05, 0) is 11.6 Å². The van der Waals surface area contributed by atoms with Crippen molar-refractivity contribution in [3.05, 3.63) is 42.0 Å². The molecule has 0 aliphatic heterocycles. The van der Waals surface area contributed by atoms with E-state index in [0.717, 1.165) is 0 Å². The summed E-state index contributed by atoms with van der Waals surface area (Å²) in [5.74, 6) is -0.916. The molecule has 0 unspecified atom stereocenters. The molecule has 0 atom stereocenters. The molecular weight excluding hydrogens is 277 g/mol. The molecule has 0 aliphatic rings. The van der Waals surface area contributed by atoms with Gasteiger partial charge in [-0.1, -0.05) is 30.9 Å². The van der Waals surface area contributed by atoms with Gasteiger partial charge in [-0.25, -0.2) is 4.79 Å². The molecule has 0 radical (unpaired) electrons. The molecule has 1 aromatic carbocycles. The summed E-state index contributed by atoms with van der Waals surface area (Å²) in [5.41, 5.74) is 0.947. The maximum absolute atomic E-state index is 10.5. The number of aromatic carboxylic acids is 1. The van der Waals surface area contributed by atoms with E-state index in [1.165, 1.54) is 6.08 Å². The van der Waals surface area contributed by atoms with Gasteiger partial charge in [0, 0.05) is 0 Å². The van der Waals surface area contributed by atoms with Gasteiger partial charge in [0.25, 0.3) is 0 Å². The van der Waals surface area contributed by atoms with Crippen molar-refractivity contribution in [1.82, 2.24) is 0 Å². The summed E-state index contributed by atoms with van der Waals surface area (Å²) in [6, 6.07) is 6.75. The first-order chi connectivity index (χ1) is 5.25. The zero-order valence-corrected chi connectivity index (χ0v) is 5.95. The molecule has 0 aromatic heterocycles. The fraction of sp³-hybridized carbons (Fsp3) is 0. The molecule has 1 N–H and O–H groups in total. The number of rotatable bonds is 2. The molecule has 0 heterocycles. The maximum atomic E-state index is 10.5. The Balaban J connectivity index is 0.00000121. The van der Waals surface area contributed by atoms with E-state index in [9.17, 15) is 4.79 Å². The van der Waals surface area contributed by atoms with Crippen LogP contribution >= 0.6 is 0 Å². The molecule has 0 aliphatic carbocycles. The third-order valence-corrected chi connectivity index (χ3v) is 1.41. The van der Waals surface area contributed by atoms with Gasteiger partial charge in [0.05, 0.1) is 5.56 Å². The third-order valence-electron chi connectivity index (χ3n) is 1.41. The molecule has 0 spiro atoms. The molecule has 0 saturated heterocycles. The summed E-state index contributed by atoms with van der Waals surface area (Å²) >= 11 is 0. The quantitative estimate of drug-likeness (QED) is 0.828. The Hall–Kier alpha value is 0.00143. The number of carbonyl (C=O) groups is 1. The van der Waals surface area contributed by atoms with Crippen LogP contribution in [0.15, 0.2) is 30.8 Å². The van der Waals surface area contributed by atoms with Crippen molar-refractivity contribution in [2.75, 3.05) is 0 Å². The fourth-order valence-electron chi connectivity index (χ4n) is 0.870. The van der Waals surface area contributed by atoms with E-state index in [0.29, 0.717) is 11.1 Å². The summed E-state index contributed by atoms with van der Waals surface area (Å²) in [5, 5.41) is 8.65. The zero-order chi connectivity index (χ0) is 8.27. The van der Waals surface area contributed by atoms with Gasteiger partial charge in [0.1, 0.15) is 0 Å². The molecule has 0 amide bonds. The first-order valence-electron chi connectivity index (χ1n) is 3.20. The third kappa shape index (κ3) is 2.80. The van der Waals surface area contributed by atoms with Crippen LogP contribution < -0.4 is 0 Å². The monoisotopic (exact) mass is 288 g/mol. The second-order valence-electron chi connectivity index (χ2n) is 2.10. The van der Waals surface area contributed by atoms with E-state index in [1.54, 1.807) is 24.3 Å². The predicted octanol–water partition coefficient (Wildman–Crippen LogP) is 1.11. The molecule has 0 bridgehead atoms. The second kappa shape index (κ2) is 5.61. The van der Waals surface area contributed by atoms with Crippen molar-refractivity contribution >= 4 is 60.9 Å². The molecule has 1 aromatic rings. The number of carboxylic acids is 1. The second-order valence-corrected chi connectivity index (χ2v) is 2.10. The van der Waals surface area contributed by atoms with Crippen LogP contribution in [0.1, 0.15) is 15.9 Å². The number of benzene rings is 1. The van der Waals surface area contributed by atoms with Gasteiger partial charge >= 0.3 is 54.9 Å². The molecular formula is C9H10BaO2. The summed E-state index contributed by atoms with van der Waals surface area (Å²) in [6.07, 6.45) is 1.53. The van der Waals surface area contributed by atoms with Crippen LogP contribution in [0.4, 0.5) is 0 Å². The van der Waals surface area contributed by atoms with E-state index in [-0.39, 0.29) is 48.9 Å². The van der Waals surface area contributed by atoms with E-state index >= 15 is 0 Å². The number of carboxylic acid groups (broad SMARTS) is 1. The Kier molecular flexibility index (Phi) is 5.61. The SMILES string of the molecule is C=Cc1ccccc1C(=O)O.[BaH2]. The van der Waals surface area contributed by atoms with Gasteiger partial charge in [-0.2, -0.15) is 0 Å². The van der Waals surface area contributed by atoms with Crippen LogP contribution in [-0.4, -0.2) is 60.0 Å². The molecule has 0 fully saturated rings. The van der Waals surface area contributed by atoms with Gasteiger partial charge in [-0.15, -0.1) is 0 Å². The van der Waals surface area contributed by atoms with Crippen LogP contribution in [0.3, 0.4) is 0 Å². The molecule has 12 heavy (non-hydrogen) atoms. The summed E-state index contributed by atoms with van der Waals surface area (Å²) in [6.45, 7) is 3.51. The normalized spacial score (nSPS) is 8.33. The van der Waals surface area contributed by atoms with Crippen molar-refractivity contribution < 1.29 is 9.90 Å². The Morgan fingerprint density at radius 2 is 2.00 bits per heavy atom. The first-order valence-corrected chi connectivity index (χ1v) is 3.20. The van der Waals surface area contributed by atoms with E-state index < -0.39 is 5.97 Å².